The van der Waals surface area contributed by atoms with Gasteiger partial charge in [-0.2, -0.15) is 0 Å². The summed E-state index contributed by atoms with van der Waals surface area (Å²) in [4.78, 5) is 9.82. The average molecular weight is 190 g/mol. The van der Waals surface area contributed by atoms with E-state index in [1.54, 1.807) is 6.92 Å². The third kappa shape index (κ3) is 43.4. The second-order valence-electron chi connectivity index (χ2n) is 1.03. The Labute approximate surface area is 71.2 Å². The quantitative estimate of drug-likeness (QED) is 0.509. The van der Waals surface area contributed by atoms with Crippen molar-refractivity contribution in [2.75, 3.05) is 11.9 Å². The van der Waals surface area contributed by atoms with Crippen molar-refractivity contribution < 1.29 is 9.53 Å². The average Bonchev–Trinajstić information content (AvgIpc) is 1.67. The number of carbonyl (C=O) groups excluding carboxylic acids is 1. The second kappa shape index (κ2) is 16.0. The van der Waals surface area contributed by atoms with Gasteiger partial charge >= 0.3 is 5.97 Å². The molecule has 5 heteroatoms. The molecule has 0 aliphatic carbocycles. The number of halogens is 2. The molecule has 0 radical (unpaired) electrons. The number of esters is 1. The first kappa shape index (κ1) is 16.5. The minimum absolute atomic E-state index is 0. The van der Waals surface area contributed by atoms with E-state index in [1.165, 1.54) is 6.92 Å². The molecule has 0 spiro atoms. The first-order valence-electron chi connectivity index (χ1n) is 2.44. The zero-order valence-electron chi connectivity index (χ0n) is 6.19. The summed E-state index contributed by atoms with van der Waals surface area (Å²) in [6.07, 6.45) is 0. The van der Waals surface area contributed by atoms with Crippen LogP contribution in [0.1, 0.15) is 13.8 Å². The van der Waals surface area contributed by atoms with E-state index in [0.717, 1.165) is 0 Å². The van der Waals surface area contributed by atoms with Crippen molar-refractivity contribution in [3.05, 3.63) is 0 Å². The molecule has 10 heavy (non-hydrogen) atoms. The van der Waals surface area contributed by atoms with Crippen LogP contribution in [0.4, 0.5) is 0 Å². The summed E-state index contributed by atoms with van der Waals surface area (Å²) < 4.78 is 4.40. The summed E-state index contributed by atoms with van der Waals surface area (Å²) in [6, 6.07) is 0. The summed E-state index contributed by atoms with van der Waals surface area (Å²) in [5.41, 5.74) is 0. The molecule has 0 aromatic rings. The van der Waals surface area contributed by atoms with Crippen LogP contribution in [-0.4, -0.2) is 17.9 Å². The molecule has 0 aromatic carbocycles. The van der Waals surface area contributed by atoms with Gasteiger partial charge in [0, 0.05) is 6.92 Å². The maximum absolute atomic E-state index is 9.82. The molecular weight excluding hydrogens is 177 g/mol. The fraction of sp³-hybridized carbons (Fsp3) is 0.800. The summed E-state index contributed by atoms with van der Waals surface area (Å²) in [6.45, 7) is 3.65. The van der Waals surface area contributed by atoms with Crippen molar-refractivity contribution in [2.45, 2.75) is 13.8 Å². The molecule has 0 atom stereocenters. The van der Waals surface area contributed by atoms with Gasteiger partial charge in [0.15, 0.2) is 0 Å². The highest BCUT2D eigenvalue weighted by Crippen LogP contribution is 1.73. The second-order valence-corrected chi connectivity index (χ2v) is 1.83. The van der Waals surface area contributed by atoms with Gasteiger partial charge in [-0.15, -0.1) is 23.2 Å². The van der Waals surface area contributed by atoms with Crippen molar-refractivity contribution in [2.24, 2.45) is 0 Å². The summed E-state index contributed by atoms with van der Waals surface area (Å²) in [5.74, 6) is -0.211. The number of alkyl halides is 2. The van der Waals surface area contributed by atoms with Gasteiger partial charge in [0.05, 0.1) is 11.9 Å². The minimum atomic E-state index is -0.211. The molecule has 0 rings (SSSR count). The van der Waals surface area contributed by atoms with Crippen molar-refractivity contribution >= 4 is 29.2 Å². The lowest BCUT2D eigenvalue weighted by Gasteiger charge is -1.89. The predicted molar refractivity (Wildman–Crippen MR) is 43.9 cm³/mol. The van der Waals surface area contributed by atoms with E-state index >= 15 is 0 Å². The van der Waals surface area contributed by atoms with Crippen molar-refractivity contribution in [1.82, 2.24) is 6.15 Å². The lowest BCUT2D eigenvalue weighted by molar-refractivity contribution is -0.140. The smallest absolute Gasteiger partial charge is 0.302 e. The van der Waals surface area contributed by atoms with E-state index in [-0.39, 0.29) is 17.5 Å². The maximum atomic E-state index is 9.82. The maximum Gasteiger partial charge on any atom is 0.302 e. The van der Waals surface area contributed by atoms with Crippen LogP contribution in [0.15, 0.2) is 0 Å². The predicted octanol–water partition coefficient (Wildman–Crippen LogP) is 2.15. The van der Waals surface area contributed by atoms with Crippen LogP contribution in [0.2, 0.25) is 0 Å². The topological polar surface area (TPSA) is 61.3 Å². The molecule has 64 valence electrons. The monoisotopic (exact) mass is 189 g/mol. The molecule has 0 fully saturated rings. The fourth-order valence-electron chi connectivity index (χ4n) is 0.203. The Morgan fingerprint density at radius 1 is 1.50 bits per heavy atom. The van der Waals surface area contributed by atoms with E-state index in [0.29, 0.717) is 6.61 Å². The highest BCUT2D eigenvalue weighted by molar-refractivity contribution is 6.40. The molecule has 0 aromatic heterocycles. The standard InChI is InChI=1S/C4H8O2.CH2Cl2.H3N/c1-3-6-4(2)5;2-1-3;/h3H2,1-2H3;1H2;1H3. The van der Waals surface area contributed by atoms with Gasteiger partial charge in [-0.25, -0.2) is 0 Å². The molecule has 0 saturated heterocycles. The zero-order valence-corrected chi connectivity index (χ0v) is 7.71. The minimum Gasteiger partial charge on any atom is -0.466 e. The largest absolute Gasteiger partial charge is 0.466 e. The Bertz CT molecular complexity index is 70.7. The number of rotatable bonds is 1. The Kier molecular flexibility index (Phi) is 26.5. The SMILES string of the molecule is CCOC(C)=O.ClCCl.N. The molecule has 0 amide bonds. The van der Waals surface area contributed by atoms with Gasteiger partial charge in [-0.3, -0.25) is 4.79 Å². The number of carbonyl (C=O) groups is 1. The Balaban J connectivity index is -0.000000107. The first-order valence-corrected chi connectivity index (χ1v) is 3.51. The van der Waals surface area contributed by atoms with E-state index in [9.17, 15) is 4.79 Å². The number of hydrogen-bond donors (Lipinski definition) is 1. The molecule has 3 N–H and O–H groups in total. The van der Waals surface area contributed by atoms with Crippen LogP contribution in [-0.2, 0) is 9.53 Å². The Morgan fingerprint density at radius 2 is 1.80 bits per heavy atom. The van der Waals surface area contributed by atoms with Crippen LogP contribution < -0.4 is 6.15 Å². The third-order valence-corrected chi connectivity index (χ3v) is 0.348. The summed E-state index contributed by atoms with van der Waals surface area (Å²) in [7, 11) is 0. The van der Waals surface area contributed by atoms with E-state index in [1.807, 2.05) is 0 Å². The van der Waals surface area contributed by atoms with Crippen LogP contribution in [0.5, 0.6) is 0 Å². The molecule has 0 bridgehead atoms. The first-order chi connectivity index (χ1) is 4.18. The molecule has 0 heterocycles. The van der Waals surface area contributed by atoms with Gasteiger partial charge in [0.1, 0.15) is 0 Å². The molecule has 0 aliphatic rings. The van der Waals surface area contributed by atoms with Crippen LogP contribution in [0.3, 0.4) is 0 Å². The van der Waals surface area contributed by atoms with E-state index in [4.69, 9.17) is 23.2 Å². The Morgan fingerprint density at radius 3 is 1.80 bits per heavy atom. The number of hydrogen-bond acceptors (Lipinski definition) is 3. The van der Waals surface area contributed by atoms with Crippen LogP contribution >= 0.6 is 23.2 Å². The van der Waals surface area contributed by atoms with Crippen molar-refractivity contribution in [1.29, 1.82) is 0 Å². The normalized spacial score (nSPS) is 6.40. The van der Waals surface area contributed by atoms with Gasteiger partial charge in [0.25, 0.3) is 0 Å². The van der Waals surface area contributed by atoms with Crippen LogP contribution in [0.25, 0.3) is 0 Å². The molecular formula is C5H13Cl2NO2. The summed E-state index contributed by atoms with van der Waals surface area (Å²) in [5, 5.41) is 0.194. The van der Waals surface area contributed by atoms with Gasteiger partial charge in [0.2, 0.25) is 0 Å². The molecule has 0 unspecified atom stereocenters. The van der Waals surface area contributed by atoms with Gasteiger partial charge in [-0.05, 0) is 6.92 Å². The molecule has 3 nitrogen and oxygen atoms in total. The van der Waals surface area contributed by atoms with E-state index in [2.05, 4.69) is 4.74 Å². The van der Waals surface area contributed by atoms with Gasteiger partial charge in [-0.1, -0.05) is 0 Å². The number of ether oxygens (including phenoxy) is 1. The lowest BCUT2D eigenvalue weighted by atomic mass is 10.8. The third-order valence-electron chi connectivity index (χ3n) is 0.348. The van der Waals surface area contributed by atoms with Crippen molar-refractivity contribution in [3.8, 4) is 0 Å². The zero-order chi connectivity index (χ0) is 7.70. The van der Waals surface area contributed by atoms with Crippen molar-refractivity contribution in [3.63, 3.8) is 0 Å². The van der Waals surface area contributed by atoms with Crippen LogP contribution in [0, 0.1) is 0 Å². The van der Waals surface area contributed by atoms with E-state index < -0.39 is 0 Å². The molecule has 0 aliphatic heterocycles. The lowest BCUT2D eigenvalue weighted by Crippen LogP contribution is -1.95. The summed E-state index contributed by atoms with van der Waals surface area (Å²) >= 11 is 9.53. The fourth-order valence-corrected chi connectivity index (χ4v) is 0.203. The highest BCUT2D eigenvalue weighted by Gasteiger charge is 1.81. The van der Waals surface area contributed by atoms with Gasteiger partial charge < -0.3 is 10.9 Å². The highest BCUT2D eigenvalue weighted by atomic mass is 35.5. The Hall–Kier alpha value is 0.01000. The molecule has 0 saturated carbocycles.